The first kappa shape index (κ1) is 4.69. The second-order valence-electron chi connectivity index (χ2n) is 1.04. The molecule has 0 aliphatic carbocycles. The van der Waals surface area contributed by atoms with Crippen LogP contribution < -0.4 is 0 Å². The van der Waals surface area contributed by atoms with E-state index >= 15 is 0 Å². The van der Waals surface area contributed by atoms with Crippen LogP contribution in [0.2, 0.25) is 0 Å². The van der Waals surface area contributed by atoms with Crippen LogP contribution >= 0.6 is 0 Å². The molecule has 0 aliphatic rings. The Morgan fingerprint density at radius 2 is 2.00 bits per heavy atom. The third-order valence-corrected chi connectivity index (χ3v) is 0.553. The Balaban J connectivity index is 2.93. The third kappa shape index (κ3) is 0.625. The van der Waals surface area contributed by atoms with Crippen molar-refractivity contribution in [2.24, 2.45) is 0 Å². The van der Waals surface area contributed by atoms with Crippen molar-refractivity contribution in [3.8, 4) is 0 Å². The van der Waals surface area contributed by atoms with Gasteiger partial charge in [0.25, 0.3) is 0 Å². The molecule has 1 aromatic heterocycles. The van der Waals surface area contributed by atoms with Crippen LogP contribution in [0.3, 0.4) is 0 Å². The first-order chi connectivity index (χ1) is 3.80. The highest BCUT2D eigenvalue weighted by Crippen LogP contribution is 1.72. The lowest BCUT2D eigenvalue weighted by Gasteiger charge is -1.85. The predicted octanol–water partition coefficient (Wildman–Crippen LogP) is -0.682. The highest BCUT2D eigenvalue weighted by Gasteiger charge is 1.96. The molecule has 0 atom stereocenters. The van der Waals surface area contributed by atoms with E-state index in [1.165, 1.54) is 12.4 Å². The average Bonchev–Trinajstić information content (AvgIpc) is 2.12. The summed E-state index contributed by atoms with van der Waals surface area (Å²) < 4.78 is 0. The largest absolute Gasteiger partial charge is 0.372 e. The number of hydrogen-bond acceptors (Lipinski definition) is 4. The summed E-state index contributed by atoms with van der Waals surface area (Å²) in [6.45, 7) is 0. The van der Waals surface area contributed by atoms with Crippen molar-refractivity contribution >= 4 is 0 Å². The maximum atomic E-state index is 9.71. The Kier molecular flexibility index (Phi) is 0.918. The van der Waals surface area contributed by atoms with Gasteiger partial charge in [-0.15, -0.1) is 0 Å². The van der Waals surface area contributed by atoms with Crippen LogP contribution in [0.5, 0.6) is 0 Å². The molecule has 0 N–H and O–H groups in total. The summed E-state index contributed by atoms with van der Waals surface area (Å²) in [7, 11) is 0. The van der Waals surface area contributed by atoms with Crippen molar-refractivity contribution in [2.75, 3.05) is 0 Å². The fraction of sp³-hybridized carbons (Fsp3) is 0. The average molecular weight is 114 g/mol. The minimum Gasteiger partial charge on any atom is -0.372 e. The fourth-order valence-electron chi connectivity index (χ4n) is 0.293. The van der Waals surface area contributed by atoms with Gasteiger partial charge in [0.1, 0.15) is 4.91 Å². The van der Waals surface area contributed by atoms with Crippen LogP contribution in [0.25, 0.3) is 0 Å². The molecule has 6 nitrogen and oxygen atoms in total. The highest BCUT2D eigenvalue weighted by molar-refractivity contribution is 4.56. The monoisotopic (exact) mass is 114 g/mol. The number of hydrogen-bond donors (Lipinski definition) is 0. The standard InChI is InChI=1S/C2H2N4O2/c7-6(8)5-3-1-2-4-5/h1-2H. The molecule has 1 aromatic rings. The molecule has 8 heavy (non-hydrogen) atoms. The first-order valence-corrected chi connectivity index (χ1v) is 1.81. The van der Waals surface area contributed by atoms with Gasteiger partial charge in [-0.3, -0.25) is 0 Å². The van der Waals surface area contributed by atoms with E-state index in [1.807, 2.05) is 0 Å². The maximum Gasteiger partial charge on any atom is 0.167 e. The van der Waals surface area contributed by atoms with Crippen LogP contribution in [0.4, 0.5) is 0 Å². The van der Waals surface area contributed by atoms with Gasteiger partial charge in [0.05, 0.1) is 0 Å². The van der Waals surface area contributed by atoms with Gasteiger partial charge in [-0.2, -0.15) is 0 Å². The van der Waals surface area contributed by atoms with Crippen LogP contribution in [-0.2, 0) is 0 Å². The Hall–Kier alpha value is -1.46. The molecular weight excluding hydrogens is 112 g/mol. The molecule has 0 saturated heterocycles. The van der Waals surface area contributed by atoms with Crippen molar-refractivity contribution in [3.05, 3.63) is 22.5 Å². The van der Waals surface area contributed by atoms with Gasteiger partial charge in [-0.05, 0) is 0 Å². The molecule has 6 heteroatoms. The van der Waals surface area contributed by atoms with Gasteiger partial charge < -0.3 is 10.1 Å². The molecule has 0 fully saturated rings. The Bertz CT molecular complexity index is 180. The Morgan fingerprint density at radius 3 is 2.25 bits per heavy atom. The molecule has 0 saturated carbocycles. The number of nitrogens with zero attached hydrogens (tertiary/aromatic N) is 4. The zero-order valence-corrected chi connectivity index (χ0v) is 3.76. The van der Waals surface area contributed by atoms with E-state index in [4.69, 9.17) is 0 Å². The highest BCUT2D eigenvalue weighted by atomic mass is 16.7. The lowest BCUT2D eigenvalue weighted by atomic mass is 11.0. The molecule has 0 aliphatic heterocycles. The number of rotatable bonds is 1. The van der Waals surface area contributed by atoms with E-state index < -0.39 is 5.03 Å². The predicted molar refractivity (Wildman–Crippen MR) is 22.4 cm³/mol. The van der Waals surface area contributed by atoms with E-state index in [1.54, 1.807) is 0 Å². The van der Waals surface area contributed by atoms with E-state index in [9.17, 15) is 10.1 Å². The molecule has 0 bridgehead atoms. The lowest BCUT2D eigenvalue weighted by Crippen LogP contribution is -2.11. The van der Waals surface area contributed by atoms with Gasteiger partial charge in [-0.25, -0.2) is 0 Å². The second kappa shape index (κ2) is 1.57. The topological polar surface area (TPSA) is 73.8 Å². The van der Waals surface area contributed by atoms with Crippen LogP contribution in [0, 0.1) is 10.1 Å². The number of aromatic nitrogens is 3. The molecule has 1 rings (SSSR count). The molecule has 42 valence electrons. The van der Waals surface area contributed by atoms with Crippen molar-refractivity contribution in [1.82, 2.24) is 15.1 Å². The summed E-state index contributed by atoms with van der Waals surface area (Å²) in [4.78, 5) is 10.1. The smallest absolute Gasteiger partial charge is 0.167 e. The molecular formula is C2H2N4O2. The third-order valence-electron chi connectivity index (χ3n) is 0.553. The van der Waals surface area contributed by atoms with E-state index in [0.29, 0.717) is 4.91 Å². The second-order valence-corrected chi connectivity index (χ2v) is 1.04. The van der Waals surface area contributed by atoms with Crippen LogP contribution in [0.15, 0.2) is 12.4 Å². The molecule has 1 heterocycles. The van der Waals surface area contributed by atoms with Gasteiger partial charge in [0, 0.05) is 15.2 Å². The normalized spacial score (nSPS) is 9.00. The summed E-state index contributed by atoms with van der Waals surface area (Å²) in [6, 6.07) is 0. The summed E-state index contributed by atoms with van der Waals surface area (Å²) >= 11 is 0. The van der Waals surface area contributed by atoms with Crippen molar-refractivity contribution in [3.63, 3.8) is 0 Å². The van der Waals surface area contributed by atoms with Crippen molar-refractivity contribution in [1.29, 1.82) is 0 Å². The van der Waals surface area contributed by atoms with E-state index in [0.717, 1.165) is 0 Å². The summed E-state index contributed by atoms with van der Waals surface area (Å²) in [5.41, 5.74) is 0. The quantitative estimate of drug-likeness (QED) is 0.358. The zero-order chi connectivity index (χ0) is 5.98. The maximum absolute atomic E-state index is 9.71. The summed E-state index contributed by atoms with van der Waals surface area (Å²) in [5, 5.41) is 15.4. The lowest BCUT2D eigenvalue weighted by molar-refractivity contribution is -0.563. The first-order valence-electron chi connectivity index (χ1n) is 1.81. The molecule has 0 spiro atoms. The minimum atomic E-state index is -0.722. The van der Waals surface area contributed by atoms with Crippen LogP contribution in [-0.4, -0.2) is 20.1 Å². The van der Waals surface area contributed by atoms with Gasteiger partial charge >= 0.3 is 0 Å². The van der Waals surface area contributed by atoms with E-state index in [2.05, 4.69) is 10.2 Å². The van der Waals surface area contributed by atoms with Gasteiger partial charge in [-0.1, -0.05) is 0 Å². The van der Waals surface area contributed by atoms with Crippen LogP contribution in [0.1, 0.15) is 0 Å². The fourth-order valence-corrected chi connectivity index (χ4v) is 0.293. The Morgan fingerprint density at radius 1 is 1.50 bits per heavy atom. The molecule has 0 amide bonds. The molecule has 0 aromatic carbocycles. The molecule has 0 radical (unpaired) electrons. The van der Waals surface area contributed by atoms with Crippen molar-refractivity contribution < 1.29 is 5.03 Å². The van der Waals surface area contributed by atoms with Gasteiger partial charge in [0.15, 0.2) is 12.4 Å². The molecule has 0 unspecified atom stereocenters. The van der Waals surface area contributed by atoms with E-state index in [-0.39, 0.29) is 0 Å². The Labute approximate surface area is 43.8 Å². The summed E-state index contributed by atoms with van der Waals surface area (Å²) in [6.07, 6.45) is 2.48. The zero-order valence-electron chi connectivity index (χ0n) is 3.76. The summed E-state index contributed by atoms with van der Waals surface area (Å²) in [5.74, 6) is 0. The number of nitro groups is 1. The minimum absolute atomic E-state index is 0.389. The SMILES string of the molecule is O=[N+]([O-])n1nccn1. The van der Waals surface area contributed by atoms with Gasteiger partial charge in [0.2, 0.25) is 0 Å². The van der Waals surface area contributed by atoms with Crippen molar-refractivity contribution in [2.45, 2.75) is 0 Å².